The maximum absolute atomic E-state index is 13.7. The van der Waals surface area contributed by atoms with Crippen LogP contribution in [0.5, 0.6) is 0 Å². The van der Waals surface area contributed by atoms with Gasteiger partial charge in [0.2, 0.25) is 0 Å². The maximum Gasteiger partial charge on any atom is 0.256 e. The van der Waals surface area contributed by atoms with Gasteiger partial charge in [-0.3, -0.25) is 9.89 Å². The highest BCUT2D eigenvalue weighted by Crippen LogP contribution is 2.29. The molecule has 0 spiro atoms. The fourth-order valence-corrected chi connectivity index (χ4v) is 2.78. The van der Waals surface area contributed by atoms with Crippen molar-refractivity contribution < 1.29 is 22.7 Å². The van der Waals surface area contributed by atoms with Gasteiger partial charge in [0.15, 0.2) is 11.6 Å². The number of aromatic amines is 1. The summed E-state index contributed by atoms with van der Waals surface area (Å²) in [6.07, 6.45) is 1.75. The Balaban J connectivity index is 1.73. The molecule has 0 aliphatic carbocycles. The van der Waals surface area contributed by atoms with E-state index in [2.05, 4.69) is 15.2 Å². The summed E-state index contributed by atoms with van der Waals surface area (Å²) in [6.45, 7) is 0.653. The van der Waals surface area contributed by atoms with E-state index in [9.17, 15) is 18.0 Å². The van der Waals surface area contributed by atoms with Crippen molar-refractivity contribution >= 4 is 5.91 Å². The van der Waals surface area contributed by atoms with Gasteiger partial charge in [-0.15, -0.1) is 0 Å². The molecule has 0 radical (unpaired) electrons. The zero-order valence-electron chi connectivity index (χ0n) is 12.8. The third kappa shape index (κ3) is 3.12. The summed E-state index contributed by atoms with van der Waals surface area (Å²) >= 11 is 0. The molecule has 0 saturated carbocycles. The van der Waals surface area contributed by atoms with Gasteiger partial charge in [-0.2, -0.15) is 5.10 Å². The highest BCUT2D eigenvalue weighted by Gasteiger charge is 2.34. The van der Waals surface area contributed by atoms with Crippen LogP contribution in [0, 0.1) is 17.5 Å². The molecule has 24 heavy (non-hydrogen) atoms. The van der Waals surface area contributed by atoms with Gasteiger partial charge in [0.25, 0.3) is 5.91 Å². The molecule has 2 heterocycles. The number of ether oxygens (including phenoxy) is 1. The zero-order valence-corrected chi connectivity index (χ0v) is 12.8. The highest BCUT2D eigenvalue weighted by molar-refractivity contribution is 5.94. The average molecular weight is 340 g/mol. The monoisotopic (exact) mass is 340 g/mol. The summed E-state index contributed by atoms with van der Waals surface area (Å²) in [5, 5.41) is 6.56. The van der Waals surface area contributed by atoms with E-state index in [0.717, 1.165) is 0 Å². The summed E-state index contributed by atoms with van der Waals surface area (Å²) in [6, 6.07) is 0.923. The quantitative estimate of drug-likeness (QED) is 0.863. The first-order valence-electron chi connectivity index (χ1n) is 7.34. The Hall–Kier alpha value is -2.42. The van der Waals surface area contributed by atoms with Crippen molar-refractivity contribution in [1.29, 1.82) is 0 Å². The van der Waals surface area contributed by atoms with Crippen LogP contribution in [0.2, 0.25) is 0 Å². The van der Waals surface area contributed by atoms with E-state index >= 15 is 0 Å². The Morgan fingerprint density at radius 3 is 2.79 bits per heavy atom. The number of aromatic nitrogens is 3. The third-order valence-electron chi connectivity index (χ3n) is 4.04. The molecule has 1 saturated heterocycles. The number of hydrogen-bond acceptors (Lipinski definition) is 4. The summed E-state index contributed by atoms with van der Waals surface area (Å²) < 4.78 is 45.6. The molecule has 128 valence electrons. The van der Waals surface area contributed by atoms with Crippen molar-refractivity contribution in [3.63, 3.8) is 0 Å². The third-order valence-corrected chi connectivity index (χ3v) is 4.04. The first kappa shape index (κ1) is 16.4. The molecule has 1 N–H and O–H groups in total. The minimum Gasteiger partial charge on any atom is -0.376 e. The molecular formula is C15H15F3N4O2. The van der Waals surface area contributed by atoms with Crippen molar-refractivity contribution in [2.75, 3.05) is 20.2 Å². The van der Waals surface area contributed by atoms with E-state index in [0.29, 0.717) is 31.0 Å². The predicted molar refractivity (Wildman–Crippen MR) is 76.8 cm³/mol. The van der Waals surface area contributed by atoms with Gasteiger partial charge < -0.3 is 9.64 Å². The van der Waals surface area contributed by atoms with Crippen molar-refractivity contribution in [2.45, 2.75) is 18.4 Å². The number of carbonyl (C=O) groups excluding carboxylic acids is 1. The van der Waals surface area contributed by atoms with Gasteiger partial charge >= 0.3 is 0 Å². The van der Waals surface area contributed by atoms with Crippen molar-refractivity contribution in [2.24, 2.45) is 0 Å². The van der Waals surface area contributed by atoms with Gasteiger partial charge in [-0.25, -0.2) is 18.2 Å². The molecule has 1 amide bonds. The maximum atomic E-state index is 13.7. The van der Waals surface area contributed by atoms with Crippen LogP contribution in [0.15, 0.2) is 18.5 Å². The number of nitrogens with one attached hydrogen (secondary N) is 1. The molecular weight excluding hydrogens is 325 g/mol. The standard InChI is InChI=1S/C15H15F3N4O2/c1-22(15(23)9-4-11(17)12(18)5-10(9)16)6-13-8(2-3-24-13)14-19-7-20-21-14/h4-5,7-8,13H,2-3,6H2,1H3,(H,19,20,21)/t8-,13-/m1/s1. The van der Waals surface area contributed by atoms with Crippen LogP contribution in [-0.4, -0.2) is 52.3 Å². The molecule has 9 heteroatoms. The molecule has 2 atom stereocenters. The first-order chi connectivity index (χ1) is 11.5. The number of carbonyl (C=O) groups is 1. The molecule has 6 nitrogen and oxygen atoms in total. The fraction of sp³-hybridized carbons (Fsp3) is 0.400. The van der Waals surface area contributed by atoms with E-state index in [1.807, 2.05) is 0 Å². The van der Waals surface area contributed by atoms with Gasteiger partial charge in [0.05, 0.1) is 11.7 Å². The number of hydrogen-bond donors (Lipinski definition) is 1. The van der Waals surface area contributed by atoms with Gasteiger partial charge in [0, 0.05) is 32.2 Å². The number of amides is 1. The van der Waals surface area contributed by atoms with E-state index in [1.54, 1.807) is 0 Å². The Bertz CT molecular complexity index is 739. The second kappa shape index (κ2) is 6.60. The molecule has 0 bridgehead atoms. The number of halogens is 3. The topological polar surface area (TPSA) is 71.1 Å². The lowest BCUT2D eigenvalue weighted by molar-refractivity contribution is 0.0546. The smallest absolute Gasteiger partial charge is 0.256 e. The van der Waals surface area contributed by atoms with E-state index in [1.165, 1.54) is 18.3 Å². The molecule has 1 aromatic carbocycles. The zero-order chi connectivity index (χ0) is 17.3. The van der Waals surface area contributed by atoms with Crippen molar-refractivity contribution in [1.82, 2.24) is 20.1 Å². The molecule has 0 unspecified atom stereocenters. The van der Waals surface area contributed by atoms with Crippen LogP contribution in [0.25, 0.3) is 0 Å². The van der Waals surface area contributed by atoms with Crippen LogP contribution in [-0.2, 0) is 4.74 Å². The molecule has 1 fully saturated rings. The molecule has 2 aromatic rings. The number of H-pyrrole nitrogens is 1. The van der Waals surface area contributed by atoms with Gasteiger partial charge in [-0.05, 0) is 12.5 Å². The van der Waals surface area contributed by atoms with E-state index in [-0.39, 0.29) is 18.6 Å². The summed E-state index contributed by atoms with van der Waals surface area (Å²) in [4.78, 5) is 17.6. The fourth-order valence-electron chi connectivity index (χ4n) is 2.78. The molecule has 3 rings (SSSR count). The van der Waals surface area contributed by atoms with Gasteiger partial charge in [0.1, 0.15) is 18.0 Å². The van der Waals surface area contributed by atoms with E-state index < -0.39 is 28.9 Å². The number of benzene rings is 1. The minimum atomic E-state index is -1.34. The largest absolute Gasteiger partial charge is 0.376 e. The van der Waals surface area contributed by atoms with Crippen LogP contribution in [0.1, 0.15) is 28.5 Å². The lowest BCUT2D eigenvalue weighted by Crippen LogP contribution is -2.37. The van der Waals surface area contributed by atoms with Crippen LogP contribution in [0.3, 0.4) is 0 Å². The normalized spacial score (nSPS) is 20.3. The van der Waals surface area contributed by atoms with Gasteiger partial charge in [-0.1, -0.05) is 0 Å². The summed E-state index contributed by atoms with van der Waals surface area (Å²) in [5.74, 6) is -3.89. The molecule has 1 aliphatic rings. The molecule has 1 aromatic heterocycles. The average Bonchev–Trinajstić information content (AvgIpc) is 3.21. The van der Waals surface area contributed by atoms with Crippen LogP contribution >= 0.6 is 0 Å². The highest BCUT2D eigenvalue weighted by atomic mass is 19.2. The SMILES string of the molecule is CN(C[C@H]1OCC[C@H]1c1ncn[nH]1)C(=O)c1cc(F)c(F)cc1F. The van der Waals surface area contributed by atoms with Crippen molar-refractivity contribution in [3.8, 4) is 0 Å². The van der Waals surface area contributed by atoms with E-state index in [4.69, 9.17) is 4.74 Å². The Kier molecular flexibility index (Phi) is 4.52. The second-order valence-electron chi connectivity index (χ2n) is 5.61. The van der Waals surface area contributed by atoms with Crippen LogP contribution in [0.4, 0.5) is 13.2 Å². The lowest BCUT2D eigenvalue weighted by Gasteiger charge is -2.24. The first-order valence-corrected chi connectivity index (χ1v) is 7.34. The summed E-state index contributed by atoms with van der Waals surface area (Å²) in [5.41, 5.74) is -0.523. The number of nitrogens with zero attached hydrogens (tertiary/aromatic N) is 3. The van der Waals surface area contributed by atoms with Crippen LogP contribution < -0.4 is 0 Å². The number of likely N-dealkylation sites (N-methyl/N-ethyl adjacent to an activating group) is 1. The second-order valence-corrected chi connectivity index (χ2v) is 5.61. The summed E-state index contributed by atoms with van der Waals surface area (Å²) in [7, 11) is 1.45. The Morgan fingerprint density at radius 2 is 2.08 bits per heavy atom. The van der Waals surface area contributed by atoms with Crippen molar-refractivity contribution in [3.05, 3.63) is 47.3 Å². The lowest BCUT2D eigenvalue weighted by atomic mass is 10.00. The Morgan fingerprint density at radius 1 is 1.33 bits per heavy atom. The number of rotatable bonds is 4. The predicted octanol–water partition coefficient (Wildman–Crippen LogP) is 1.87. The minimum absolute atomic E-state index is 0.0717. The Labute approximate surface area is 135 Å². The molecule has 1 aliphatic heterocycles.